The molecule has 0 unspecified atom stereocenters. The van der Waals surface area contributed by atoms with E-state index < -0.39 is 17.8 Å². The van der Waals surface area contributed by atoms with E-state index in [9.17, 15) is 18.0 Å². The van der Waals surface area contributed by atoms with Crippen LogP contribution in [0.1, 0.15) is 29.0 Å². The highest BCUT2D eigenvalue weighted by molar-refractivity contribution is 7.09. The maximum Gasteiger partial charge on any atom is 0.416 e. The highest BCUT2D eigenvalue weighted by Gasteiger charge is 2.32. The van der Waals surface area contributed by atoms with Gasteiger partial charge in [-0.15, -0.1) is 11.3 Å². The van der Waals surface area contributed by atoms with Crippen LogP contribution in [0.5, 0.6) is 0 Å². The minimum absolute atomic E-state index is 0.0288. The van der Waals surface area contributed by atoms with Crippen LogP contribution in [0.2, 0.25) is 0 Å². The Morgan fingerprint density at radius 3 is 2.64 bits per heavy atom. The number of likely N-dealkylation sites (tertiary alicyclic amines) is 1. The van der Waals surface area contributed by atoms with E-state index in [2.05, 4.69) is 27.7 Å². The van der Waals surface area contributed by atoms with Gasteiger partial charge in [0.25, 0.3) is 0 Å². The van der Waals surface area contributed by atoms with E-state index in [0.29, 0.717) is 5.76 Å². The number of anilines is 1. The summed E-state index contributed by atoms with van der Waals surface area (Å²) in [4.78, 5) is 18.6. The quantitative estimate of drug-likeness (QED) is 0.447. The van der Waals surface area contributed by atoms with Crippen LogP contribution in [-0.2, 0) is 19.1 Å². The third-order valence-electron chi connectivity index (χ3n) is 5.86. The van der Waals surface area contributed by atoms with Crippen molar-refractivity contribution in [3.63, 3.8) is 0 Å². The fraction of sp³-hybridized carbons (Fsp3) is 0.375. The Morgan fingerprint density at radius 2 is 1.97 bits per heavy atom. The molecule has 2 aromatic heterocycles. The molecule has 176 valence electrons. The van der Waals surface area contributed by atoms with E-state index in [0.717, 1.165) is 51.0 Å². The van der Waals surface area contributed by atoms with Crippen molar-refractivity contribution in [2.45, 2.75) is 38.0 Å². The Morgan fingerprint density at radius 1 is 1.15 bits per heavy atom. The number of nitrogens with zero attached hydrogens (tertiary/aromatic N) is 2. The number of furan rings is 1. The highest BCUT2D eigenvalue weighted by atomic mass is 32.1. The van der Waals surface area contributed by atoms with E-state index in [1.54, 1.807) is 34.6 Å². The summed E-state index contributed by atoms with van der Waals surface area (Å²) < 4.78 is 44.6. The molecule has 1 saturated heterocycles. The number of hydrogen-bond acceptors (Lipinski definition) is 4. The number of piperidine rings is 1. The van der Waals surface area contributed by atoms with Gasteiger partial charge in [-0.05, 0) is 61.0 Å². The van der Waals surface area contributed by atoms with Gasteiger partial charge < -0.3 is 19.5 Å². The van der Waals surface area contributed by atoms with Gasteiger partial charge >= 0.3 is 12.2 Å². The van der Waals surface area contributed by atoms with Crippen molar-refractivity contribution in [1.29, 1.82) is 0 Å². The third-order valence-corrected chi connectivity index (χ3v) is 6.80. The van der Waals surface area contributed by atoms with Gasteiger partial charge in [0.15, 0.2) is 0 Å². The molecule has 1 aromatic carbocycles. The Bertz CT molecular complexity index is 1010. The summed E-state index contributed by atoms with van der Waals surface area (Å²) in [6.45, 7) is 2.96. The lowest BCUT2D eigenvalue weighted by atomic mass is 10.0. The van der Waals surface area contributed by atoms with Crippen LogP contribution in [0.25, 0.3) is 0 Å². The summed E-state index contributed by atoms with van der Waals surface area (Å²) in [6.07, 6.45) is -0.327. The lowest BCUT2D eigenvalue weighted by molar-refractivity contribution is -0.137. The summed E-state index contributed by atoms with van der Waals surface area (Å²) in [5.74, 6) is 0.634. The first-order chi connectivity index (χ1) is 15.9. The lowest BCUT2D eigenvalue weighted by Gasteiger charge is -2.38. The smallest absolute Gasteiger partial charge is 0.416 e. The largest absolute Gasteiger partial charge is 0.467 e. The average molecular weight is 478 g/mol. The molecule has 0 bridgehead atoms. The molecular weight excluding hydrogens is 451 g/mol. The zero-order valence-electron chi connectivity index (χ0n) is 18.1. The predicted molar refractivity (Wildman–Crippen MR) is 122 cm³/mol. The zero-order valence-corrected chi connectivity index (χ0v) is 18.9. The molecule has 0 spiro atoms. The zero-order chi connectivity index (χ0) is 23.3. The number of amides is 2. The van der Waals surface area contributed by atoms with Gasteiger partial charge in [-0.3, -0.25) is 0 Å². The molecule has 5 nitrogen and oxygen atoms in total. The first-order valence-corrected chi connectivity index (χ1v) is 11.8. The summed E-state index contributed by atoms with van der Waals surface area (Å²) in [5.41, 5.74) is -0.676. The molecule has 1 fully saturated rings. The minimum Gasteiger partial charge on any atom is -0.467 e. The molecule has 1 N–H and O–H groups in total. The van der Waals surface area contributed by atoms with Crippen molar-refractivity contribution in [1.82, 2.24) is 9.80 Å². The Kier molecular flexibility index (Phi) is 7.39. The van der Waals surface area contributed by atoms with Crippen LogP contribution < -0.4 is 5.32 Å². The molecule has 0 radical (unpaired) electrons. The number of hydrogen-bond donors (Lipinski definition) is 1. The summed E-state index contributed by atoms with van der Waals surface area (Å²) in [5, 5.41) is 4.73. The molecule has 4 rings (SSSR count). The number of urea groups is 1. The van der Waals surface area contributed by atoms with Crippen LogP contribution in [0, 0.1) is 0 Å². The SMILES string of the molecule is O=C(Nc1cccc(C(F)(F)F)c1)N(Cc1ccco1)C1CCN(CCc2cccs2)CC1. The van der Waals surface area contributed by atoms with Crippen molar-refractivity contribution in [2.24, 2.45) is 0 Å². The number of nitrogens with one attached hydrogen (secondary N) is 1. The fourth-order valence-corrected chi connectivity index (χ4v) is 4.78. The molecule has 3 aromatic rings. The van der Waals surface area contributed by atoms with Gasteiger partial charge in [0.2, 0.25) is 0 Å². The normalized spacial score (nSPS) is 15.5. The molecular formula is C24H26F3N3O2S. The number of rotatable bonds is 7. The summed E-state index contributed by atoms with van der Waals surface area (Å²) in [6, 6.07) is 12.0. The second kappa shape index (κ2) is 10.4. The molecule has 0 atom stereocenters. The molecule has 1 aliphatic heterocycles. The van der Waals surface area contributed by atoms with Crippen LogP contribution in [0.4, 0.5) is 23.7 Å². The standard InChI is InChI=1S/C24H26F3N3O2S/c25-24(26,27)18-4-1-5-19(16-18)28-23(31)30(17-21-6-2-14-32-21)20-8-11-29(12-9-20)13-10-22-7-3-15-33-22/h1-7,14-16,20H,8-13,17H2,(H,28,31). The number of benzene rings is 1. The topological polar surface area (TPSA) is 48.7 Å². The molecule has 0 saturated carbocycles. The molecule has 0 aliphatic carbocycles. The van der Waals surface area contributed by atoms with Crippen LogP contribution >= 0.6 is 11.3 Å². The second-order valence-corrected chi connectivity index (χ2v) is 9.15. The Balaban J connectivity index is 1.40. The maximum absolute atomic E-state index is 13.1. The number of thiophene rings is 1. The molecule has 3 heterocycles. The van der Waals surface area contributed by atoms with Gasteiger partial charge in [0.05, 0.1) is 18.4 Å². The van der Waals surface area contributed by atoms with E-state index in [1.165, 1.54) is 17.0 Å². The molecule has 2 amide bonds. The van der Waals surface area contributed by atoms with Gasteiger partial charge in [-0.1, -0.05) is 12.1 Å². The number of halogens is 3. The number of carbonyl (C=O) groups is 1. The van der Waals surface area contributed by atoms with Gasteiger partial charge in [-0.25, -0.2) is 4.79 Å². The number of alkyl halides is 3. The predicted octanol–water partition coefficient (Wildman–Crippen LogP) is 6.10. The van der Waals surface area contributed by atoms with Crippen molar-refractivity contribution < 1.29 is 22.4 Å². The van der Waals surface area contributed by atoms with Crippen LogP contribution in [0.3, 0.4) is 0 Å². The van der Waals surface area contributed by atoms with Crippen LogP contribution in [0.15, 0.2) is 64.6 Å². The Hall–Kier alpha value is -2.78. The van der Waals surface area contributed by atoms with E-state index >= 15 is 0 Å². The van der Waals surface area contributed by atoms with E-state index in [1.807, 2.05) is 0 Å². The van der Waals surface area contributed by atoms with Crippen molar-refractivity contribution >= 4 is 23.1 Å². The highest BCUT2D eigenvalue weighted by Crippen LogP contribution is 2.31. The molecule has 1 aliphatic rings. The van der Waals surface area contributed by atoms with Crippen molar-refractivity contribution in [3.05, 3.63) is 76.4 Å². The maximum atomic E-state index is 13.1. The van der Waals surface area contributed by atoms with Gasteiger partial charge in [-0.2, -0.15) is 13.2 Å². The van der Waals surface area contributed by atoms with E-state index in [-0.39, 0.29) is 18.3 Å². The monoisotopic (exact) mass is 477 g/mol. The van der Waals surface area contributed by atoms with E-state index in [4.69, 9.17) is 4.42 Å². The average Bonchev–Trinajstić information content (AvgIpc) is 3.50. The summed E-state index contributed by atoms with van der Waals surface area (Å²) >= 11 is 1.76. The first-order valence-electron chi connectivity index (χ1n) is 10.9. The molecule has 9 heteroatoms. The molecule has 33 heavy (non-hydrogen) atoms. The number of carbonyl (C=O) groups excluding carboxylic acids is 1. The van der Waals surface area contributed by atoms with Crippen LogP contribution in [-0.4, -0.2) is 41.5 Å². The summed E-state index contributed by atoms with van der Waals surface area (Å²) in [7, 11) is 0. The van der Waals surface area contributed by atoms with Crippen molar-refractivity contribution in [3.8, 4) is 0 Å². The fourth-order valence-electron chi connectivity index (χ4n) is 4.08. The Labute approximate surface area is 194 Å². The minimum atomic E-state index is -4.47. The third kappa shape index (κ3) is 6.39. The first kappa shape index (κ1) is 23.4. The second-order valence-electron chi connectivity index (χ2n) is 8.12. The van der Waals surface area contributed by atoms with Gasteiger partial charge in [0.1, 0.15) is 5.76 Å². The van der Waals surface area contributed by atoms with Gasteiger partial charge in [0, 0.05) is 36.2 Å². The lowest BCUT2D eigenvalue weighted by Crippen LogP contribution is -2.48. The van der Waals surface area contributed by atoms with Crippen molar-refractivity contribution in [2.75, 3.05) is 25.0 Å².